The third-order valence-electron chi connectivity index (χ3n) is 7.66. The molecule has 4 heteroatoms. The zero-order valence-corrected chi connectivity index (χ0v) is 22.2. The molecular formula is C28H35BrO2Si. The van der Waals surface area contributed by atoms with Crippen LogP contribution in [0.5, 0.6) is 0 Å². The minimum absolute atomic E-state index is 0.00795. The lowest BCUT2D eigenvalue weighted by atomic mass is 9.65. The highest BCUT2D eigenvalue weighted by Gasteiger charge is 2.55. The van der Waals surface area contributed by atoms with E-state index < -0.39 is 8.32 Å². The van der Waals surface area contributed by atoms with E-state index in [1.165, 1.54) is 10.4 Å². The summed E-state index contributed by atoms with van der Waals surface area (Å²) >= 11 is 3.61. The van der Waals surface area contributed by atoms with Gasteiger partial charge in [0.2, 0.25) is 0 Å². The van der Waals surface area contributed by atoms with Crippen LogP contribution in [0.15, 0.2) is 71.7 Å². The van der Waals surface area contributed by atoms with Gasteiger partial charge in [-0.15, -0.1) is 0 Å². The van der Waals surface area contributed by atoms with Crippen LogP contribution in [0.2, 0.25) is 5.04 Å². The lowest BCUT2D eigenvalue weighted by Crippen LogP contribution is -2.68. The second kappa shape index (κ2) is 9.04. The van der Waals surface area contributed by atoms with Crippen molar-refractivity contribution >= 4 is 40.4 Å². The Labute approximate surface area is 202 Å². The fourth-order valence-electron chi connectivity index (χ4n) is 6.39. The van der Waals surface area contributed by atoms with E-state index in [0.717, 1.165) is 36.6 Å². The first-order chi connectivity index (χ1) is 15.2. The van der Waals surface area contributed by atoms with Crippen LogP contribution in [0.25, 0.3) is 0 Å². The third-order valence-corrected chi connectivity index (χ3v) is 13.0. The first kappa shape index (κ1) is 23.7. The zero-order chi connectivity index (χ0) is 23.0. The van der Waals surface area contributed by atoms with Crippen LogP contribution >= 0.6 is 15.9 Å². The molecule has 2 aliphatic rings. The number of Topliss-reactive ketones (excluding diaryl/α,β-unsaturated/α-hetero) is 1. The Morgan fingerprint density at radius 3 is 2.12 bits per heavy atom. The molecule has 2 aromatic carbocycles. The largest absolute Gasteiger partial charge is 0.404 e. The lowest BCUT2D eigenvalue weighted by molar-refractivity contribution is -0.118. The van der Waals surface area contributed by atoms with Gasteiger partial charge in [-0.2, -0.15) is 0 Å². The van der Waals surface area contributed by atoms with Crippen molar-refractivity contribution in [1.82, 2.24) is 0 Å². The average Bonchev–Trinajstić information content (AvgIpc) is 3.06. The quantitative estimate of drug-likeness (QED) is 0.421. The maximum atomic E-state index is 12.5. The highest BCUT2D eigenvalue weighted by atomic mass is 79.9. The molecule has 2 aliphatic carbocycles. The third kappa shape index (κ3) is 4.34. The summed E-state index contributed by atoms with van der Waals surface area (Å²) in [5.74, 6) is 0.873. The predicted octanol–water partition coefficient (Wildman–Crippen LogP) is 6.38. The molecule has 0 unspecified atom stereocenters. The van der Waals surface area contributed by atoms with Crippen molar-refractivity contribution in [2.24, 2.45) is 11.3 Å². The molecule has 3 atom stereocenters. The standard InChI is InChI=1S/C28H35BrO2Si/c1-21(29)18-28-19-23(30)17-22(28)15-16-24(20-28)31-32(27(2,3)4,25-11-7-5-8-12-25)26-13-9-6-10-14-26/h5-14,22,24H,1,15-20H2,2-4H3/t22-,24-,28-/m0/s1. The van der Waals surface area contributed by atoms with Crippen molar-refractivity contribution in [3.05, 3.63) is 71.7 Å². The van der Waals surface area contributed by atoms with Crippen LogP contribution in [0.3, 0.4) is 0 Å². The summed E-state index contributed by atoms with van der Waals surface area (Å²) in [6.45, 7) is 11.1. The van der Waals surface area contributed by atoms with E-state index in [-0.39, 0.29) is 16.6 Å². The van der Waals surface area contributed by atoms with Gasteiger partial charge in [-0.1, -0.05) is 104 Å². The molecule has 170 valence electrons. The molecule has 0 bridgehead atoms. The van der Waals surface area contributed by atoms with E-state index in [1.807, 2.05) is 0 Å². The van der Waals surface area contributed by atoms with Gasteiger partial charge in [0.1, 0.15) is 5.78 Å². The first-order valence-electron chi connectivity index (χ1n) is 11.8. The molecule has 2 aromatic rings. The highest BCUT2D eigenvalue weighted by Crippen LogP contribution is 2.56. The van der Waals surface area contributed by atoms with Crippen molar-refractivity contribution in [3.63, 3.8) is 0 Å². The van der Waals surface area contributed by atoms with Crippen LogP contribution in [0, 0.1) is 11.3 Å². The van der Waals surface area contributed by atoms with Crippen molar-refractivity contribution in [3.8, 4) is 0 Å². The highest BCUT2D eigenvalue weighted by molar-refractivity contribution is 9.11. The van der Waals surface area contributed by atoms with Crippen molar-refractivity contribution in [2.45, 2.75) is 70.4 Å². The fraction of sp³-hybridized carbons (Fsp3) is 0.464. The van der Waals surface area contributed by atoms with Crippen LogP contribution < -0.4 is 10.4 Å². The van der Waals surface area contributed by atoms with Gasteiger partial charge < -0.3 is 4.43 Å². The Morgan fingerprint density at radius 2 is 1.62 bits per heavy atom. The number of benzene rings is 2. The number of carbonyl (C=O) groups is 1. The van der Waals surface area contributed by atoms with Gasteiger partial charge in [-0.3, -0.25) is 4.79 Å². The minimum atomic E-state index is -2.59. The molecule has 2 saturated carbocycles. The van der Waals surface area contributed by atoms with E-state index in [1.54, 1.807) is 0 Å². The minimum Gasteiger partial charge on any atom is -0.404 e. The van der Waals surface area contributed by atoms with Crippen LogP contribution in [-0.2, 0) is 9.22 Å². The molecule has 32 heavy (non-hydrogen) atoms. The van der Waals surface area contributed by atoms with E-state index in [4.69, 9.17) is 4.43 Å². The van der Waals surface area contributed by atoms with Crippen LogP contribution in [-0.4, -0.2) is 20.2 Å². The first-order valence-corrected chi connectivity index (χ1v) is 14.5. The van der Waals surface area contributed by atoms with Gasteiger partial charge in [0, 0.05) is 18.9 Å². The molecule has 0 N–H and O–H groups in total. The number of rotatable bonds is 6. The summed E-state index contributed by atoms with van der Waals surface area (Å²) in [7, 11) is -2.59. The van der Waals surface area contributed by atoms with E-state index in [9.17, 15) is 4.79 Å². The SMILES string of the molecule is C=C(Br)C[C@@]12CC(=O)C[C@@H]1CC[C@H](O[Si](c1ccccc1)(c1ccccc1)C(C)(C)C)C2. The van der Waals surface area contributed by atoms with Gasteiger partial charge in [0.25, 0.3) is 8.32 Å². The van der Waals surface area contributed by atoms with Gasteiger partial charge in [-0.05, 0) is 56.9 Å². The molecule has 0 saturated heterocycles. The summed E-state index contributed by atoms with van der Waals surface area (Å²) in [4.78, 5) is 12.5. The summed E-state index contributed by atoms with van der Waals surface area (Å²) < 4.78 is 8.45. The number of hydrogen-bond donors (Lipinski definition) is 0. The van der Waals surface area contributed by atoms with Gasteiger partial charge in [-0.25, -0.2) is 0 Å². The second-order valence-corrected chi connectivity index (χ2v) is 16.2. The molecule has 2 fully saturated rings. The smallest absolute Gasteiger partial charge is 0.261 e. The Kier molecular flexibility index (Phi) is 6.68. The van der Waals surface area contributed by atoms with Crippen LogP contribution in [0.4, 0.5) is 0 Å². The molecule has 0 aliphatic heterocycles. The number of allylic oxidation sites excluding steroid dienone is 1. The van der Waals surface area contributed by atoms with Gasteiger partial charge in [0.15, 0.2) is 0 Å². The average molecular weight is 512 g/mol. The summed E-state index contributed by atoms with van der Waals surface area (Å²) in [6.07, 6.45) is 5.45. The molecule has 0 radical (unpaired) electrons. The Morgan fingerprint density at radius 1 is 1.06 bits per heavy atom. The summed E-state index contributed by atoms with van der Waals surface area (Å²) in [5.41, 5.74) is -0.00795. The van der Waals surface area contributed by atoms with E-state index in [0.29, 0.717) is 18.1 Å². The summed E-state index contributed by atoms with van der Waals surface area (Å²) in [5, 5.41) is 2.61. The Hall–Kier alpha value is -1.49. The molecular weight excluding hydrogens is 476 g/mol. The monoisotopic (exact) mass is 510 g/mol. The lowest BCUT2D eigenvalue weighted by Gasteiger charge is -2.49. The van der Waals surface area contributed by atoms with Crippen molar-refractivity contribution < 1.29 is 9.22 Å². The molecule has 0 heterocycles. The number of halogens is 1. The molecule has 4 rings (SSSR count). The number of carbonyl (C=O) groups excluding carboxylic acids is 1. The van der Waals surface area contributed by atoms with Crippen molar-refractivity contribution in [1.29, 1.82) is 0 Å². The number of ketones is 1. The fourth-order valence-corrected chi connectivity index (χ4v) is 11.7. The predicted molar refractivity (Wildman–Crippen MR) is 139 cm³/mol. The Balaban J connectivity index is 1.77. The topological polar surface area (TPSA) is 26.3 Å². The van der Waals surface area contributed by atoms with E-state index >= 15 is 0 Å². The van der Waals surface area contributed by atoms with Gasteiger partial charge >= 0.3 is 0 Å². The Bertz CT molecular complexity index is 926. The molecule has 2 nitrogen and oxygen atoms in total. The van der Waals surface area contributed by atoms with E-state index in [2.05, 4.69) is 104 Å². The second-order valence-electron chi connectivity index (χ2n) is 10.9. The number of hydrogen-bond acceptors (Lipinski definition) is 2. The summed E-state index contributed by atoms with van der Waals surface area (Å²) in [6, 6.07) is 21.7. The van der Waals surface area contributed by atoms with Crippen LogP contribution in [0.1, 0.15) is 59.3 Å². The zero-order valence-electron chi connectivity index (χ0n) is 19.6. The van der Waals surface area contributed by atoms with Gasteiger partial charge in [0.05, 0.1) is 0 Å². The maximum absolute atomic E-state index is 12.5. The number of fused-ring (bicyclic) bond motifs is 1. The molecule has 0 spiro atoms. The molecule has 0 amide bonds. The molecule has 0 aromatic heterocycles. The van der Waals surface area contributed by atoms with Crippen molar-refractivity contribution in [2.75, 3.05) is 0 Å². The maximum Gasteiger partial charge on any atom is 0.261 e. The normalized spacial score (nSPS) is 26.1.